The van der Waals surface area contributed by atoms with Gasteiger partial charge in [-0.3, -0.25) is 14.9 Å². The number of thiazole rings is 1. The Morgan fingerprint density at radius 3 is 2.74 bits per heavy atom. The number of aryl methyl sites for hydroxylation is 1. The lowest BCUT2D eigenvalue weighted by Crippen LogP contribution is -2.31. The molecule has 1 aromatic heterocycles. The Morgan fingerprint density at radius 1 is 1.22 bits per heavy atom. The summed E-state index contributed by atoms with van der Waals surface area (Å²) in [5.41, 5.74) is 0.565. The zero-order valence-corrected chi connectivity index (χ0v) is 17.1. The summed E-state index contributed by atoms with van der Waals surface area (Å²) < 4.78 is 0. The molecule has 3 rings (SSSR count). The first-order chi connectivity index (χ1) is 13.1. The van der Waals surface area contributed by atoms with E-state index >= 15 is 0 Å². The lowest BCUT2D eigenvalue weighted by Gasteiger charge is -2.21. The molecular weight excluding hydrogens is 378 g/mol. The van der Waals surface area contributed by atoms with Crippen LogP contribution < -0.4 is 10.6 Å². The maximum absolute atomic E-state index is 12.6. The number of aromatic nitrogens is 1. The number of carbonyl (C=O) groups excluding carboxylic acids is 2. The molecule has 7 heteroatoms. The van der Waals surface area contributed by atoms with Gasteiger partial charge in [-0.2, -0.15) is 0 Å². The summed E-state index contributed by atoms with van der Waals surface area (Å²) in [7, 11) is 0. The number of benzene rings is 1. The van der Waals surface area contributed by atoms with Crippen LogP contribution in [0.4, 0.5) is 5.13 Å². The molecule has 5 nitrogen and oxygen atoms in total. The van der Waals surface area contributed by atoms with Crippen LogP contribution in [0.3, 0.4) is 0 Å². The summed E-state index contributed by atoms with van der Waals surface area (Å²) in [6.45, 7) is 2.72. The zero-order valence-electron chi connectivity index (χ0n) is 15.5. The molecular formula is C20H25N3O2S2. The molecule has 2 N–H and O–H groups in total. The Bertz CT molecular complexity index is 785. The van der Waals surface area contributed by atoms with Gasteiger partial charge in [0.2, 0.25) is 5.91 Å². The van der Waals surface area contributed by atoms with E-state index in [1.165, 1.54) is 55.2 Å². The summed E-state index contributed by atoms with van der Waals surface area (Å²) in [4.78, 5) is 30.8. The maximum Gasteiger partial charge on any atom is 0.258 e. The topological polar surface area (TPSA) is 71.1 Å². The molecule has 0 bridgehead atoms. The summed E-state index contributed by atoms with van der Waals surface area (Å²) in [6, 6.07) is 7.36. The van der Waals surface area contributed by atoms with Crippen LogP contribution in [-0.2, 0) is 4.79 Å². The van der Waals surface area contributed by atoms with Crippen molar-refractivity contribution < 1.29 is 9.59 Å². The van der Waals surface area contributed by atoms with Crippen molar-refractivity contribution in [2.75, 3.05) is 17.6 Å². The Labute approximate surface area is 168 Å². The first-order valence-electron chi connectivity index (χ1n) is 9.34. The van der Waals surface area contributed by atoms with Gasteiger partial charge in [0.05, 0.1) is 11.3 Å². The van der Waals surface area contributed by atoms with Crippen molar-refractivity contribution in [1.29, 1.82) is 0 Å². The minimum absolute atomic E-state index is 0.0244. The van der Waals surface area contributed by atoms with Crippen molar-refractivity contribution in [3.05, 3.63) is 40.9 Å². The van der Waals surface area contributed by atoms with Crippen molar-refractivity contribution in [3.63, 3.8) is 0 Å². The van der Waals surface area contributed by atoms with E-state index in [2.05, 4.69) is 15.6 Å². The van der Waals surface area contributed by atoms with Crippen LogP contribution in [0.15, 0.2) is 35.4 Å². The summed E-state index contributed by atoms with van der Waals surface area (Å²) in [5.74, 6) is 0.756. The molecule has 1 aromatic carbocycles. The van der Waals surface area contributed by atoms with Gasteiger partial charge in [-0.05, 0) is 37.8 Å². The second-order valence-electron chi connectivity index (χ2n) is 6.82. The van der Waals surface area contributed by atoms with Crippen LogP contribution in [0.25, 0.3) is 0 Å². The van der Waals surface area contributed by atoms with E-state index < -0.39 is 0 Å². The first kappa shape index (κ1) is 19.9. The maximum atomic E-state index is 12.6. The van der Waals surface area contributed by atoms with Gasteiger partial charge in [0.25, 0.3) is 5.91 Å². The number of hydrogen-bond donors (Lipinski definition) is 2. The van der Waals surface area contributed by atoms with Gasteiger partial charge in [-0.15, -0.1) is 23.1 Å². The van der Waals surface area contributed by atoms with Gasteiger partial charge >= 0.3 is 0 Å². The molecule has 0 radical (unpaired) electrons. The van der Waals surface area contributed by atoms with Crippen LogP contribution in [0.2, 0.25) is 0 Å². The van der Waals surface area contributed by atoms with Crippen LogP contribution in [-0.4, -0.2) is 29.1 Å². The Kier molecular flexibility index (Phi) is 7.29. The highest BCUT2D eigenvalue weighted by atomic mass is 32.2. The van der Waals surface area contributed by atoms with Crippen LogP contribution >= 0.6 is 23.1 Å². The second-order valence-corrected chi connectivity index (χ2v) is 9.08. The van der Waals surface area contributed by atoms with Crippen molar-refractivity contribution in [3.8, 4) is 0 Å². The highest BCUT2D eigenvalue weighted by Crippen LogP contribution is 2.25. The summed E-state index contributed by atoms with van der Waals surface area (Å²) >= 11 is 2.84. The minimum atomic E-state index is -0.199. The average molecular weight is 404 g/mol. The van der Waals surface area contributed by atoms with Gasteiger partial charge in [0.15, 0.2) is 5.13 Å². The summed E-state index contributed by atoms with van der Waals surface area (Å²) in [5, 5.41) is 6.46. The Morgan fingerprint density at radius 2 is 2.00 bits per heavy atom. The molecule has 0 unspecified atom stereocenters. The predicted molar refractivity (Wildman–Crippen MR) is 112 cm³/mol. The van der Waals surface area contributed by atoms with Gasteiger partial charge in [0, 0.05) is 22.5 Å². The molecule has 1 aliphatic rings. The standard InChI is InChI=1S/C20H25N3O2S2/c1-14-11-22-20(27-14)23-19(25)16-9-5-6-10-17(16)26-13-18(24)21-12-15-7-3-2-4-8-15/h5-6,9-11,15H,2-4,7-8,12-13H2,1H3,(H,21,24)(H,22,23,25). The highest BCUT2D eigenvalue weighted by molar-refractivity contribution is 8.00. The van der Waals surface area contributed by atoms with E-state index in [9.17, 15) is 9.59 Å². The first-order valence-corrected chi connectivity index (χ1v) is 11.1. The quantitative estimate of drug-likeness (QED) is 0.668. The molecule has 0 atom stereocenters. The minimum Gasteiger partial charge on any atom is -0.355 e. The molecule has 1 fully saturated rings. The Balaban J connectivity index is 1.52. The fourth-order valence-electron chi connectivity index (χ4n) is 3.20. The fraction of sp³-hybridized carbons (Fsp3) is 0.450. The molecule has 2 amide bonds. The van der Waals surface area contributed by atoms with Crippen molar-refractivity contribution >= 4 is 40.0 Å². The number of amides is 2. The number of nitrogens with zero attached hydrogens (tertiary/aromatic N) is 1. The van der Waals surface area contributed by atoms with Crippen molar-refractivity contribution in [2.24, 2.45) is 5.92 Å². The van der Waals surface area contributed by atoms with E-state index in [-0.39, 0.29) is 11.8 Å². The third-order valence-corrected chi connectivity index (χ3v) is 6.55. The average Bonchev–Trinajstić information content (AvgIpc) is 3.10. The molecule has 1 heterocycles. The molecule has 0 spiro atoms. The number of nitrogens with one attached hydrogen (secondary N) is 2. The van der Waals surface area contributed by atoms with Gasteiger partial charge < -0.3 is 5.32 Å². The number of carbonyl (C=O) groups is 2. The fourth-order valence-corrected chi connectivity index (χ4v) is 4.74. The third-order valence-electron chi connectivity index (χ3n) is 4.64. The monoisotopic (exact) mass is 403 g/mol. The van der Waals surface area contributed by atoms with Crippen molar-refractivity contribution in [2.45, 2.75) is 43.9 Å². The smallest absolute Gasteiger partial charge is 0.258 e. The summed E-state index contributed by atoms with van der Waals surface area (Å²) in [6.07, 6.45) is 8.03. The third kappa shape index (κ3) is 6.07. The van der Waals surface area contributed by atoms with Crippen LogP contribution in [0, 0.1) is 12.8 Å². The SMILES string of the molecule is Cc1cnc(NC(=O)c2ccccc2SCC(=O)NCC2CCCCC2)s1. The van der Waals surface area contributed by atoms with Gasteiger partial charge in [0.1, 0.15) is 0 Å². The van der Waals surface area contributed by atoms with Crippen LogP contribution in [0.5, 0.6) is 0 Å². The number of anilines is 1. The van der Waals surface area contributed by atoms with E-state index in [0.29, 0.717) is 22.4 Å². The molecule has 2 aromatic rings. The van der Waals surface area contributed by atoms with E-state index in [0.717, 1.165) is 16.3 Å². The predicted octanol–water partition coefficient (Wildman–Crippen LogP) is 4.49. The van der Waals surface area contributed by atoms with Gasteiger partial charge in [-0.1, -0.05) is 31.4 Å². The van der Waals surface area contributed by atoms with E-state index in [1.807, 2.05) is 25.1 Å². The second kappa shape index (κ2) is 9.90. The number of rotatable bonds is 7. The highest BCUT2D eigenvalue weighted by Gasteiger charge is 2.16. The molecule has 0 saturated heterocycles. The number of thioether (sulfide) groups is 1. The van der Waals surface area contributed by atoms with Crippen molar-refractivity contribution in [1.82, 2.24) is 10.3 Å². The zero-order chi connectivity index (χ0) is 19.1. The largest absolute Gasteiger partial charge is 0.355 e. The molecule has 0 aliphatic heterocycles. The van der Waals surface area contributed by atoms with Crippen LogP contribution in [0.1, 0.15) is 47.3 Å². The Hall–Kier alpha value is -1.86. The lowest BCUT2D eigenvalue weighted by atomic mass is 9.89. The molecule has 27 heavy (non-hydrogen) atoms. The number of hydrogen-bond acceptors (Lipinski definition) is 5. The molecule has 144 valence electrons. The van der Waals surface area contributed by atoms with Gasteiger partial charge in [-0.25, -0.2) is 4.98 Å². The van der Waals surface area contributed by atoms with E-state index in [4.69, 9.17) is 0 Å². The van der Waals surface area contributed by atoms with E-state index in [1.54, 1.807) is 12.3 Å². The molecule has 1 aliphatic carbocycles. The molecule has 1 saturated carbocycles. The normalized spacial score (nSPS) is 14.7. The lowest BCUT2D eigenvalue weighted by molar-refractivity contribution is -0.118.